The summed E-state index contributed by atoms with van der Waals surface area (Å²) in [6.45, 7) is 2.00. The van der Waals surface area contributed by atoms with Crippen LogP contribution >= 0.6 is 0 Å². The van der Waals surface area contributed by atoms with E-state index in [0.717, 1.165) is 53.5 Å². The van der Waals surface area contributed by atoms with Crippen molar-refractivity contribution in [3.8, 4) is 11.3 Å². The SMILES string of the molecule is O=C(O)CCCCc1cc2cc(C(=O)NCCCN3CCCC3=O)ccc2nc1-c1ccccc1. The number of hydrogen-bond acceptors (Lipinski definition) is 4. The number of aliphatic carboxylic acids is 1. The highest BCUT2D eigenvalue weighted by molar-refractivity contribution is 5.98. The number of benzene rings is 2. The number of nitrogens with zero attached hydrogens (tertiary/aromatic N) is 2. The Morgan fingerprint density at radius 1 is 1.03 bits per heavy atom. The first kappa shape index (κ1) is 24.4. The van der Waals surface area contributed by atoms with Crippen molar-refractivity contribution in [1.82, 2.24) is 15.2 Å². The van der Waals surface area contributed by atoms with Gasteiger partial charge in [-0.15, -0.1) is 0 Å². The number of likely N-dealkylation sites (tertiary alicyclic amines) is 1. The number of carboxylic acid groups (broad SMARTS) is 1. The van der Waals surface area contributed by atoms with Crippen molar-refractivity contribution in [1.29, 1.82) is 0 Å². The first-order chi connectivity index (χ1) is 17.0. The Bertz CT molecular complexity index is 1210. The van der Waals surface area contributed by atoms with Gasteiger partial charge in [-0.25, -0.2) is 4.98 Å². The number of unbranched alkanes of at least 4 members (excludes halogenated alkanes) is 1. The van der Waals surface area contributed by atoms with Crippen molar-refractivity contribution in [3.63, 3.8) is 0 Å². The molecule has 2 aromatic carbocycles. The average Bonchev–Trinajstić information content (AvgIpc) is 3.28. The molecule has 7 heteroatoms. The third kappa shape index (κ3) is 6.44. The first-order valence-corrected chi connectivity index (χ1v) is 12.3. The van der Waals surface area contributed by atoms with E-state index in [-0.39, 0.29) is 18.2 Å². The maximum absolute atomic E-state index is 12.7. The highest BCUT2D eigenvalue weighted by Gasteiger charge is 2.19. The molecule has 0 bridgehead atoms. The molecule has 0 aliphatic carbocycles. The lowest BCUT2D eigenvalue weighted by molar-refractivity contribution is -0.137. The van der Waals surface area contributed by atoms with Crippen LogP contribution in [0.15, 0.2) is 54.6 Å². The molecule has 35 heavy (non-hydrogen) atoms. The van der Waals surface area contributed by atoms with Gasteiger partial charge in [-0.05, 0) is 61.9 Å². The number of amides is 2. The highest BCUT2D eigenvalue weighted by Crippen LogP contribution is 2.28. The fourth-order valence-electron chi connectivity index (χ4n) is 4.50. The molecule has 1 aliphatic rings. The van der Waals surface area contributed by atoms with E-state index in [1.807, 2.05) is 47.4 Å². The van der Waals surface area contributed by atoms with Crippen molar-refractivity contribution < 1.29 is 19.5 Å². The van der Waals surface area contributed by atoms with Gasteiger partial charge in [-0.1, -0.05) is 30.3 Å². The topological polar surface area (TPSA) is 99.6 Å². The number of carboxylic acids is 1. The summed E-state index contributed by atoms with van der Waals surface area (Å²) in [5.41, 5.74) is 4.33. The number of carbonyl (C=O) groups is 3. The third-order valence-electron chi connectivity index (χ3n) is 6.35. The second-order valence-electron chi connectivity index (χ2n) is 8.96. The molecular formula is C28H31N3O4. The summed E-state index contributed by atoms with van der Waals surface area (Å²) in [7, 11) is 0. The van der Waals surface area contributed by atoms with Gasteiger partial charge in [0.2, 0.25) is 5.91 Å². The highest BCUT2D eigenvalue weighted by atomic mass is 16.4. The first-order valence-electron chi connectivity index (χ1n) is 12.3. The zero-order chi connectivity index (χ0) is 24.6. The Morgan fingerprint density at radius 3 is 2.60 bits per heavy atom. The van der Waals surface area contributed by atoms with Crippen LogP contribution in [0, 0.1) is 0 Å². The molecule has 4 rings (SSSR count). The minimum atomic E-state index is -0.785. The van der Waals surface area contributed by atoms with Crippen molar-refractivity contribution in [2.24, 2.45) is 0 Å². The standard InChI is InChI=1S/C28H31N3O4/c32-25-11-6-16-31(25)17-7-15-29-28(35)22-13-14-24-23(19-22)18-21(10-4-5-12-26(33)34)27(30-24)20-8-2-1-3-9-20/h1-3,8-9,13-14,18-19H,4-7,10-12,15-17H2,(H,29,35)(H,33,34). The van der Waals surface area contributed by atoms with E-state index in [0.29, 0.717) is 37.9 Å². The predicted octanol–water partition coefficient (Wildman–Crippen LogP) is 4.44. The fourth-order valence-corrected chi connectivity index (χ4v) is 4.50. The van der Waals surface area contributed by atoms with Gasteiger partial charge in [0.05, 0.1) is 11.2 Å². The van der Waals surface area contributed by atoms with Crippen LogP contribution in [0.2, 0.25) is 0 Å². The van der Waals surface area contributed by atoms with Gasteiger partial charge < -0.3 is 15.3 Å². The van der Waals surface area contributed by atoms with Crippen LogP contribution in [0.3, 0.4) is 0 Å². The molecule has 7 nitrogen and oxygen atoms in total. The Kier molecular flexibility index (Phi) is 8.08. The van der Waals surface area contributed by atoms with Gasteiger partial charge in [0.15, 0.2) is 0 Å². The van der Waals surface area contributed by atoms with Crippen LogP contribution in [-0.2, 0) is 16.0 Å². The van der Waals surface area contributed by atoms with Gasteiger partial charge in [0, 0.05) is 49.0 Å². The van der Waals surface area contributed by atoms with Gasteiger partial charge in [-0.2, -0.15) is 0 Å². The molecule has 0 saturated carbocycles. The van der Waals surface area contributed by atoms with E-state index in [4.69, 9.17) is 10.1 Å². The van der Waals surface area contributed by atoms with Crippen molar-refractivity contribution in [2.75, 3.05) is 19.6 Å². The molecule has 0 radical (unpaired) electrons. The zero-order valence-corrected chi connectivity index (χ0v) is 19.8. The summed E-state index contributed by atoms with van der Waals surface area (Å²) in [5.74, 6) is -0.727. The molecule has 1 saturated heterocycles. The number of pyridine rings is 1. The van der Waals surface area contributed by atoms with Gasteiger partial charge in [0.25, 0.3) is 5.91 Å². The van der Waals surface area contributed by atoms with E-state index in [1.54, 1.807) is 6.07 Å². The van der Waals surface area contributed by atoms with E-state index >= 15 is 0 Å². The lowest BCUT2D eigenvalue weighted by atomic mass is 9.98. The molecule has 0 atom stereocenters. The van der Waals surface area contributed by atoms with Crippen LogP contribution in [0.25, 0.3) is 22.2 Å². The van der Waals surface area contributed by atoms with Gasteiger partial charge in [-0.3, -0.25) is 14.4 Å². The van der Waals surface area contributed by atoms with Gasteiger partial charge >= 0.3 is 5.97 Å². The van der Waals surface area contributed by atoms with Crippen LogP contribution in [0.4, 0.5) is 0 Å². The Morgan fingerprint density at radius 2 is 1.86 bits per heavy atom. The minimum absolute atomic E-state index is 0.144. The molecule has 2 amide bonds. The van der Waals surface area contributed by atoms with Crippen LogP contribution < -0.4 is 5.32 Å². The Balaban J connectivity index is 1.48. The molecule has 0 unspecified atom stereocenters. The van der Waals surface area contributed by atoms with Crippen LogP contribution in [0.5, 0.6) is 0 Å². The van der Waals surface area contributed by atoms with Crippen molar-refractivity contribution in [3.05, 3.63) is 65.7 Å². The minimum Gasteiger partial charge on any atom is -0.481 e. The second-order valence-corrected chi connectivity index (χ2v) is 8.96. The lowest BCUT2D eigenvalue weighted by Gasteiger charge is -2.15. The molecule has 0 spiro atoms. The van der Waals surface area contributed by atoms with Gasteiger partial charge in [0.1, 0.15) is 0 Å². The molecule has 2 heterocycles. The largest absolute Gasteiger partial charge is 0.481 e. The third-order valence-corrected chi connectivity index (χ3v) is 6.35. The molecule has 3 aromatic rings. The summed E-state index contributed by atoms with van der Waals surface area (Å²) < 4.78 is 0. The summed E-state index contributed by atoms with van der Waals surface area (Å²) in [4.78, 5) is 42.1. The van der Waals surface area contributed by atoms with Crippen LogP contribution in [-0.4, -0.2) is 52.4 Å². The number of hydrogen-bond donors (Lipinski definition) is 2. The summed E-state index contributed by atoms with van der Waals surface area (Å²) >= 11 is 0. The van der Waals surface area contributed by atoms with E-state index in [2.05, 4.69) is 11.4 Å². The van der Waals surface area contributed by atoms with E-state index < -0.39 is 5.97 Å². The van der Waals surface area contributed by atoms with Crippen LogP contribution in [0.1, 0.15) is 54.4 Å². The van der Waals surface area contributed by atoms with Crippen molar-refractivity contribution in [2.45, 2.75) is 44.9 Å². The normalized spacial score (nSPS) is 13.4. The van der Waals surface area contributed by atoms with E-state index in [1.165, 1.54) is 0 Å². The lowest BCUT2D eigenvalue weighted by Crippen LogP contribution is -2.30. The zero-order valence-electron chi connectivity index (χ0n) is 19.8. The summed E-state index contributed by atoms with van der Waals surface area (Å²) in [6, 6.07) is 17.5. The maximum Gasteiger partial charge on any atom is 0.303 e. The monoisotopic (exact) mass is 473 g/mol. The quantitative estimate of drug-likeness (QED) is 0.401. The number of rotatable bonds is 11. The number of fused-ring (bicyclic) bond motifs is 1. The molecule has 1 fully saturated rings. The molecule has 2 N–H and O–H groups in total. The number of aromatic nitrogens is 1. The number of nitrogens with one attached hydrogen (secondary N) is 1. The maximum atomic E-state index is 12.7. The molecule has 182 valence electrons. The molecule has 1 aromatic heterocycles. The van der Waals surface area contributed by atoms with Crippen molar-refractivity contribution >= 4 is 28.7 Å². The Labute approximate surface area is 205 Å². The smallest absolute Gasteiger partial charge is 0.303 e. The van der Waals surface area contributed by atoms with E-state index in [9.17, 15) is 14.4 Å². The Hall–Kier alpha value is -3.74. The predicted molar refractivity (Wildman–Crippen MR) is 135 cm³/mol. The number of carbonyl (C=O) groups excluding carboxylic acids is 2. The summed E-state index contributed by atoms with van der Waals surface area (Å²) in [5, 5.41) is 12.8. The molecule has 1 aliphatic heterocycles. The number of aryl methyl sites for hydroxylation is 1. The second kappa shape index (κ2) is 11.6. The molecular weight excluding hydrogens is 442 g/mol. The average molecular weight is 474 g/mol. The fraction of sp³-hybridized carbons (Fsp3) is 0.357. The summed E-state index contributed by atoms with van der Waals surface area (Å²) in [6.07, 6.45) is 4.50.